The largest absolute Gasteiger partial charge is 0.507 e. The molecule has 0 aromatic heterocycles. The lowest BCUT2D eigenvalue weighted by atomic mass is 9.95. The Balaban J connectivity index is 2.09. The monoisotopic (exact) mass is 451 g/mol. The van der Waals surface area contributed by atoms with E-state index in [1.165, 1.54) is 0 Å². The average Bonchev–Trinajstić information content (AvgIpc) is 3.04. The number of benzene rings is 2. The summed E-state index contributed by atoms with van der Waals surface area (Å²) in [6.45, 7) is 3.56. The zero-order valence-electron chi connectivity index (χ0n) is 20.0. The van der Waals surface area contributed by atoms with Crippen LogP contribution >= 0.6 is 0 Å². The van der Waals surface area contributed by atoms with Crippen molar-refractivity contribution in [3.8, 4) is 5.75 Å². The topological polar surface area (TPSA) is 73.3 Å². The van der Waals surface area contributed by atoms with Crippen molar-refractivity contribution in [3.63, 3.8) is 0 Å². The van der Waals surface area contributed by atoms with Crippen LogP contribution in [0.25, 0.3) is 5.76 Å². The first-order valence-corrected chi connectivity index (χ1v) is 11.2. The van der Waals surface area contributed by atoms with E-state index >= 15 is 0 Å². The van der Waals surface area contributed by atoms with Gasteiger partial charge in [0.2, 0.25) is 0 Å². The molecule has 3 rings (SSSR count). The fraction of sp³-hybridized carbons (Fsp3) is 0.385. The van der Waals surface area contributed by atoms with Crippen molar-refractivity contribution in [1.29, 1.82) is 0 Å². The van der Waals surface area contributed by atoms with Gasteiger partial charge < -0.3 is 24.5 Å². The summed E-state index contributed by atoms with van der Waals surface area (Å²) < 4.78 is 5.55. The highest BCUT2D eigenvalue weighted by molar-refractivity contribution is 6.46. The summed E-state index contributed by atoms with van der Waals surface area (Å²) in [5.41, 5.74) is 2.35. The number of rotatable bonds is 9. The van der Waals surface area contributed by atoms with Gasteiger partial charge in [-0.05, 0) is 63.8 Å². The summed E-state index contributed by atoms with van der Waals surface area (Å²) in [6.07, 6.45) is 0.714. The second kappa shape index (κ2) is 10.5. The van der Waals surface area contributed by atoms with Crippen molar-refractivity contribution in [2.45, 2.75) is 19.4 Å². The molecule has 7 nitrogen and oxygen atoms in total. The summed E-state index contributed by atoms with van der Waals surface area (Å²) in [5, 5.41) is 11.2. The fourth-order valence-electron chi connectivity index (χ4n) is 4.02. The number of anilines is 1. The van der Waals surface area contributed by atoms with Crippen molar-refractivity contribution in [2.75, 3.05) is 52.8 Å². The number of aliphatic hydroxyl groups excluding tert-OH is 1. The molecule has 1 fully saturated rings. The molecule has 7 heteroatoms. The summed E-state index contributed by atoms with van der Waals surface area (Å²) in [5.74, 6) is -0.848. The quantitative estimate of drug-likeness (QED) is 0.357. The molecule has 0 radical (unpaired) electrons. The van der Waals surface area contributed by atoms with E-state index in [0.29, 0.717) is 30.9 Å². The number of aliphatic hydroxyl groups is 1. The maximum atomic E-state index is 13.1. The molecule has 1 heterocycles. The molecule has 1 unspecified atom stereocenters. The Bertz CT molecular complexity index is 1030. The number of carbonyl (C=O) groups excluding carboxylic acids is 2. The summed E-state index contributed by atoms with van der Waals surface area (Å²) in [4.78, 5) is 31.8. The molecule has 1 N–H and O–H groups in total. The predicted octanol–water partition coefficient (Wildman–Crippen LogP) is 3.52. The molecule has 2 aromatic carbocycles. The third-order valence-corrected chi connectivity index (χ3v) is 5.69. The minimum Gasteiger partial charge on any atom is -0.507 e. The zero-order chi connectivity index (χ0) is 24.1. The second-order valence-corrected chi connectivity index (χ2v) is 8.60. The molecule has 2 aromatic rings. The third kappa shape index (κ3) is 5.37. The van der Waals surface area contributed by atoms with Gasteiger partial charge >= 0.3 is 0 Å². The van der Waals surface area contributed by atoms with E-state index in [1.807, 2.05) is 69.2 Å². The van der Waals surface area contributed by atoms with Crippen molar-refractivity contribution in [1.82, 2.24) is 9.80 Å². The van der Waals surface area contributed by atoms with E-state index < -0.39 is 17.7 Å². The van der Waals surface area contributed by atoms with Crippen molar-refractivity contribution in [2.24, 2.45) is 0 Å². The molecule has 0 bridgehead atoms. The minimum atomic E-state index is -0.666. The number of likely N-dealkylation sites (tertiary alicyclic amines) is 1. The number of ether oxygens (including phenoxy) is 1. The number of hydrogen-bond acceptors (Lipinski definition) is 6. The lowest BCUT2D eigenvalue weighted by Crippen LogP contribution is -2.32. The molecule has 0 spiro atoms. The molecule has 1 aliphatic heterocycles. The van der Waals surface area contributed by atoms with Gasteiger partial charge in [-0.15, -0.1) is 0 Å². The number of carbonyl (C=O) groups is 2. The number of hydrogen-bond donors (Lipinski definition) is 1. The van der Waals surface area contributed by atoms with Crippen LogP contribution in [0.1, 0.15) is 30.5 Å². The van der Waals surface area contributed by atoms with Crippen LogP contribution in [0.15, 0.2) is 54.1 Å². The molecular weight excluding hydrogens is 418 g/mol. The van der Waals surface area contributed by atoms with E-state index in [0.717, 1.165) is 17.8 Å². The smallest absolute Gasteiger partial charge is 0.295 e. The van der Waals surface area contributed by atoms with E-state index in [4.69, 9.17) is 4.74 Å². The molecule has 1 saturated heterocycles. The van der Waals surface area contributed by atoms with Crippen LogP contribution in [-0.4, -0.2) is 74.5 Å². The average molecular weight is 452 g/mol. The summed E-state index contributed by atoms with van der Waals surface area (Å²) in [6, 6.07) is 14.0. The van der Waals surface area contributed by atoms with Crippen molar-refractivity contribution < 1.29 is 19.4 Å². The van der Waals surface area contributed by atoms with Crippen LogP contribution in [0.4, 0.5) is 5.69 Å². The Hall–Kier alpha value is -3.32. The SMILES string of the molecule is CCOc1cccc(/C(O)=C2/C(=O)C(=O)N(CCCN(C)C)C2c2ccc(N(C)C)cc2)c1. The summed E-state index contributed by atoms with van der Waals surface area (Å²) in [7, 11) is 7.84. The van der Waals surface area contributed by atoms with Crippen LogP contribution in [-0.2, 0) is 9.59 Å². The molecule has 1 atom stereocenters. The van der Waals surface area contributed by atoms with E-state index in [-0.39, 0.29) is 11.3 Å². The predicted molar refractivity (Wildman–Crippen MR) is 131 cm³/mol. The first kappa shape index (κ1) is 24.3. The second-order valence-electron chi connectivity index (χ2n) is 8.60. The molecule has 33 heavy (non-hydrogen) atoms. The summed E-state index contributed by atoms with van der Waals surface area (Å²) >= 11 is 0. The number of amides is 1. The highest BCUT2D eigenvalue weighted by atomic mass is 16.5. The Morgan fingerprint density at radius 2 is 1.76 bits per heavy atom. The Kier molecular flexibility index (Phi) is 7.76. The first-order chi connectivity index (χ1) is 15.7. The highest BCUT2D eigenvalue weighted by Gasteiger charge is 2.45. The molecule has 1 amide bonds. The van der Waals surface area contributed by atoms with E-state index in [2.05, 4.69) is 0 Å². The Morgan fingerprint density at radius 3 is 2.36 bits per heavy atom. The molecule has 0 saturated carbocycles. The number of Topliss-reactive ketones (excluding diaryl/α,β-unsaturated/α-hetero) is 1. The van der Waals surface area contributed by atoms with Gasteiger partial charge in [-0.2, -0.15) is 0 Å². The number of ketones is 1. The van der Waals surface area contributed by atoms with E-state index in [9.17, 15) is 14.7 Å². The van der Waals surface area contributed by atoms with Crippen LogP contribution in [0.3, 0.4) is 0 Å². The maximum absolute atomic E-state index is 13.1. The lowest BCUT2D eigenvalue weighted by Gasteiger charge is -2.26. The highest BCUT2D eigenvalue weighted by Crippen LogP contribution is 2.40. The van der Waals surface area contributed by atoms with Gasteiger partial charge in [0, 0.05) is 31.9 Å². The molecule has 0 aliphatic carbocycles. The normalized spacial score (nSPS) is 17.6. The molecule has 176 valence electrons. The zero-order valence-corrected chi connectivity index (χ0v) is 20.0. The van der Waals surface area contributed by atoms with Gasteiger partial charge in [-0.25, -0.2) is 0 Å². The fourth-order valence-corrected chi connectivity index (χ4v) is 4.02. The lowest BCUT2D eigenvalue weighted by molar-refractivity contribution is -0.139. The minimum absolute atomic E-state index is 0.108. The number of nitrogens with zero attached hydrogens (tertiary/aromatic N) is 3. The standard InChI is InChI=1S/C26H33N3O4/c1-6-33-21-10-7-9-19(17-21)24(30)22-23(18-11-13-20(14-12-18)28(4)5)29(26(32)25(22)31)16-8-15-27(2)3/h7,9-14,17,23,30H,6,8,15-16H2,1-5H3/b24-22-. The van der Waals surface area contributed by atoms with Gasteiger partial charge in [0.05, 0.1) is 18.2 Å². The first-order valence-electron chi connectivity index (χ1n) is 11.2. The maximum Gasteiger partial charge on any atom is 0.295 e. The Morgan fingerprint density at radius 1 is 1.06 bits per heavy atom. The van der Waals surface area contributed by atoms with Crippen LogP contribution in [0, 0.1) is 0 Å². The van der Waals surface area contributed by atoms with Gasteiger partial charge in [-0.3, -0.25) is 9.59 Å². The van der Waals surface area contributed by atoms with E-state index in [1.54, 1.807) is 29.2 Å². The van der Waals surface area contributed by atoms with Crippen LogP contribution in [0.2, 0.25) is 0 Å². The third-order valence-electron chi connectivity index (χ3n) is 5.69. The van der Waals surface area contributed by atoms with Crippen molar-refractivity contribution in [3.05, 3.63) is 65.2 Å². The van der Waals surface area contributed by atoms with Gasteiger partial charge in [-0.1, -0.05) is 24.3 Å². The van der Waals surface area contributed by atoms with Gasteiger partial charge in [0.1, 0.15) is 11.5 Å². The van der Waals surface area contributed by atoms with Crippen LogP contribution < -0.4 is 9.64 Å². The van der Waals surface area contributed by atoms with Crippen LogP contribution in [0.5, 0.6) is 5.75 Å². The van der Waals surface area contributed by atoms with Crippen molar-refractivity contribution >= 4 is 23.1 Å². The molecular formula is C26H33N3O4. The molecule has 1 aliphatic rings. The Labute approximate surface area is 195 Å². The van der Waals surface area contributed by atoms with Gasteiger partial charge in [0.15, 0.2) is 0 Å². The van der Waals surface area contributed by atoms with Gasteiger partial charge in [0.25, 0.3) is 11.7 Å².